The summed E-state index contributed by atoms with van der Waals surface area (Å²) in [7, 11) is 1.75. The Morgan fingerprint density at radius 1 is 1.53 bits per heavy atom. The second-order valence-electron chi connectivity index (χ2n) is 4.95. The maximum atomic E-state index is 11.2. The lowest BCUT2D eigenvalue weighted by atomic mass is 9.98. The van der Waals surface area contributed by atoms with E-state index < -0.39 is 0 Å². The van der Waals surface area contributed by atoms with E-state index in [1.807, 2.05) is 6.92 Å². The number of rotatable bonds is 5. The molecule has 0 saturated carbocycles. The minimum Gasteiger partial charge on any atom is -0.364 e. The van der Waals surface area contributed by atoms with Gasteiger partial charge in [0.1, 0.15) is 5.69 Å². The number of anilines is 1. The van der Waals surface area contributed by atoms with E-state index in [1.54, 1.807) is 11.7 Å². The zero-order chi connectivity index (χ0) is 13.8. The van der Waals surface area contributed by atoms with E-state index in [-0.39, 0.29) is 10.6 Å². The third kappa shape index (κ3) is 3.04. The molecule has 2 N–H and O–H groups in total. The highest BCUT2D eigenvalue weighted by atomic mass is 16.6. The van der Waals surface area contributed by atoms with Crippen LogP contribution >= 0.6 is 0 Å². The van der Waals surface area contributed by atoms with Gasteiger partial charge in [0.2, 0.25) is 5.82 Å². The topological polar surface area (TPSA) is 85.0 Å². The summed E-state index contributed by atoms with van der Waals surface area (Å²) in [5.41, 5.74) is 0.666. The molecule has 106 valence electrons. The number of aryl methyl sites for hydroxylation is 2. The third-order valence-electron chi connectivity index (χ3n) is 3.63. The van der Waals surface area contributed by atoms with Crippen LogP contribution in [-0.4, -0.2) is 34.3 Å². The molecule has 0 unspecified atom stereocenters. The van der Waals surface area contributed by atoms with Gasteiger partial charge in [-0.15, -0.1) is 0 Å². The lowest BCUT2D eigenvalue weighted by molar-refractivity contribution is -0.384. The van der Waals surface area contributed by atoms with Crippen LogP contribution in [0.15, 0.2) is 0 Å². The van der Waals surface area contributed by atoms with Crippen molar-refractivity contribution >= 4 is 11.5 Å². The van der Waals surface area contributed by atoms with Crippen molar-refractivity contribution in [3.8, 4) is 0 Å². The van der Waals surface area contributed by atoms with Crippen molar-refractivity contribution in [2.24, 2.45) is 13.0 Å². The van der Waals surface area contributed by atoms with Crippen LogP contribution in [0.4, 0.5) is 11.5 Å². The fourth-order valence-electron chi connectivity index (χ4n) is 2.52. The molecule has 1 aliphatic heterocycles. The molecule has 1 saturated heterocycles. The van der Waals surface area contributed by atoms with Gasteiger partial charge in [-0.1, -0.05) is 6.92 Å². The fourth-order valence-corrected chi connectivity index (χ4v) is 2.52. The van der Waals surface area contributed by atoms with Crippen LogP contribution < -0.4 is 10.6 Å². The van der Waals surface area contributed by atoms with Gasteiger partial charge in [-0.25, -0.2) is 4.68 Å². The zero-order valence-corrected chi connectivity index (χ0v) is 11.5. The molecule has 19 heavy (non-hydrogen) atoms. The zero-order valence-electron chi connectivity index (χ0n) is 11.5. The predicted octanol–water partition coefficient (Wildman–Crippen LogP) is 1.30. The lowest BCUT2D eigenvalue weighted by Gasteiger charge is -2.22. The molecular weight excluding hydrogens is 246 g/mol. The standard InChI is InChI=1S/C12H21N5O2/c1-3-10-11(17(18)19)12(16(2)15-10)14-8-9-4-6-13-7-5-9/h9,13-14H,3-8H2,1-2H3. The highest BCUT2D eigenvalue weighted by molar-refractivity contribution is 5.59. The predicted molar refractivity (Wildman–Crippen MR) is 73.3 cm³/mol. The SMILES string of the molecule is CCc1nn(C)c(NCC2CCNCC2)c1[N+](=O)[O-]. The summed E-state index contributed by atoms with van der Waals surface area (Å²) in [5.74, 6) is 1.10. The molecule has 1 aliphatic rings. The summed E-state index contributed by atoms with van der Waals surface area (Å²) in [4.78, 5) is 10.8. The summed E-state index contributed by atoms with van der Waals surface area (Å²) in [6.07, 6.45) is 2.79. The van der Waals surface area contributed by atoms with Crippen molar-refractivity contribution in [2.75, 3.05) is 25.0 Å². The van der Waals surface area contributed by atoms with Gasteiger partial charge >= 0.3 is 5.69 Å². The number of nitrogens with zero attached hydrogens (tertiary/aromatic N) is 3. The second kappa shape index (κ2) is 6.01. The number of aromatic nitrogens is 2. The Morgan fingerprint density at radius 2 is 2.21 bits per heavy atom. The van der Waals surface area contributed by atoms with Crippen LogP contribution in [0.5, 0.6) is 0 Å². The summed E-state index contributed by atoms with van der Waals surface area (Å²) >= 11 is 0. The van der Waals surface area contributed by atoms with Crippen molar-refractivity contribution < 1.29 is 4.92 Å². The molecule has 2 heterocycles. The van der Waals surface area contributed by atoms with Crippen LogP contribution in [0.2, 0.25) is 0 Å². The smallest absolute Gasteiger partial charge is 0.333 e. The third-order valence-corrected chi connectivity index (χ3v) is 3.63. The fraction of sp³-hybridized carbons (Fsp3) is 0.750. The monoisotopic (exact) mass is 267 g/mol. The quantitative estimate of drug-likeness (QED) is 0.620. The Hall–Kier alpha value is -1.63. The van der Waals surface area contributed by atoms with Crippen molar-refractivity contribution in [3.63, 3.8) is 0 Å². The molecule has 1 aromatic heterocycles. The average molecular weight is 267 g/mol. The van der Waals surface area contributed by atoms with Crippen molar-refractivity contribution in [3.05, 3.63) is 15.8 Å². The Bertz CT molecular complexity index is 451. The Labute approximate surface area is 112 Å². The van der Waals surface area contributed by atoms with E-state index in [4.69, 9.17) is 0 Å². The lowest BCUT2D eigenvalue weighted by Crippen LogP contribution is -2.31. The van der Waals surface area contributed by atoms with Crippen LogP contribution in [0.3, 0.4) is 0 Å². The highest BCUT2D eigenvalue weighted by Gasteiger charge is 2.26. The summed E-state index contributed by atoms with van der Waals surface area (Å²) in [6.45, 7) is 4.71. The van der Waals surface area contributed by atoms with Gasteiger partial charge in [0.05, 0.1) is 4.92 Å². The number of nitrogens with one attached hydrogen (secondary N) is 2. The highest BCUT2D eigenvalue weighted by Crippen LogP contribution is 2.28. The van der Waals surface area contributed by atoms with E-state index in [0.29, 0.717) is 23.9 Å². The molecule has 0 spiro atoms. The van der Waals surface area contributed by atoms with E-state index in [9.17, 15) is 10.1 Å². The maximum Gasteiger partial charge on any atom is 0.333 e. The maximum absolute atomic E-state index is 11.2. The molecule has 0 aliphatic carbocycles. The van der Waals surface area contributed by atoms with Crippen molar-refractivity contribution in [2.45, 2.75) is 26.2 Å². The molecule has 7 heteroatoms. The van der Waals surface area contributed by atoms with E-state index in [2.05, 4.69) is 15.7 Å². The van der Waals surface area contributed by atoms with Crippen molar-refractivity contribution in [1.29, 1.82) is 0 Å². The molecule has 0 bridgehead atoms. The van der Waals surface area contributed by atoms with Crippen LogP contribution in [0.1, 0.15) is 25.5 Å². The van der Waals surface area contributed by atoms with Crippen LogP contribution in [-0.2, 0) is 13.5 Å². The normalized spacial score (nSPS) is 16.5. The van der Waals surface area contributed by atoms with Gasteiger partial charge in [0.15, 0.2) is 0 Å². The largest absolute Gasteiger partial charge is 0.364 e. The first-order valence-corrected chi connectivity index (χ1v) is 6.78. The van der Waals surface area contributed by atoms with Crippen LogP contribution in [0, 0.1) is 16.0 Å². The van der Waals surface area contributed by atoms with E-state index in [0.717, 1.165) is 32.5 Å². The Balaban J connectivity index is 2.10. The van der Waals surface area contributed by atoms with Crippen LogP contribution in [0.25, 0.3) is 0 Å². The Morgan fingerprint density at radius 3 is 2.79 bits per heavy atom. The molecule has 0 atom stereocenters. The first kappa shape index (κ1) is 13.8. The number of hydrogen-bond acceptors (Lipinski definition) is 5. The molecular formula is C12H21N5O2. The molecule has 0 amide bonds. The van der Waals surface area contributed by atoms with E-state index >= 15 is 0 Å². The van der Waals surface area contributed by atoms with Gasteiger partial charge in [0.25, 0.3) is 0 Å². The van der Waals surface area contributed by atoms with E-state index in [1.165, 1.54) is 0 Å². The molecule has 7 nitrogen and oxygen atoms in total. The molecule has 1 fully saturated rings. The van der Waals surface area contributed by atoms with Gasteiger partial charge in [-0.05, 0) is 38.3 Å². The summed E-state index contributed by atoms with van der Waals surface area (Å²) in [6, 6.07) is 0. The summed E-state index contributed by atoms with van der Waals surface area (Å²) in [5, 5.41) is 21.9. The number of piperidine rings is 1. The molecule has 0 radical (unpaired) electrons. The molecule has 1 aromatic rings. The van der Waals surface area contributed by atoms with Gasteiger partial charge in [-0.3, -0.25) is 10.1 Å². The first-order chi connectivity index (χ1) is 9.13. The molecule has 0 aromatic carbocycles. The molecule has 2 rings (SSSR count). The van der Waals surface area contributed by atoms with Crippen molar-refractivity contribution in [1.82, 2.24) is 15.1 Å². The number of nitro groups is 1. The van der Waals surface area contributed by atoms with Gasteiger partial charge in [-0.2, -0.15) is 5.10 Å². The average Bonchev–Trinajstić information content (AvgIpc) is 2.74. The van der Waals surface area contributed by atoms with Gasteiger partial charge < -0.3 is 10.6 Å². The summed E-state index contributed by atoms with van der Waals surface area (Å²) < 4.78 is 1.58. The number of hydrogen-bond donors (Lipinski definition) is 2. The minimum atomic E-state index is -0.337. The first-order valence-electron chi connectivity index (χ1n) is 6.78. The Kier molecular flexibility index (Phi) is 4.36. The van der Waals surface area contributed by atoms with Gasteiger partial charge in [0, 0.05) is 13.6 Å². The minimum absolute atomic E-state index is 0.124. The second-order valence-corrected chi connectivity index (χ2v) is 4.95.